The van der Waals surface area contributed by atoms with Crippen molar-refractivity contribution in [2.75, 3.05) is 11.9 Å². The molecule has 0 spiro atoms. The number of ether oxygens (including phenoxy) is 1. The molecular formula is C10H13N3O4. The molecule has 7 heteroatoms. The summed E-state index contributed by atoms with van der Waals surface area (Å²) in [5.74, 6) is -0.460. The second kappa shape index (κ2) is 5.78. The molecule has 0 aliphatic rings. The number of esters is 1. The Kier molecular flexibility index (Phi) is 4.38. The Morgan fingerprint density at radius 3 is 3.00 bits per heavy atom. The first-order chi connectivity index (χ1) is 8.06. The van der Waals surface area contributed by atoms with Crippen LogP contribution in [0.2, 0.25) is 0 Å². The molecule has 0 saturated heterocycles. The average Bonchev–Trinajstić information content (AvgIpc) is 2.29. The van der Waals surface area contributed by atoms with Crippen LogP contribution in [0, 0.1) is 10.1 Å². The predicted molar refractivity (Wildman–Crippen MR) is 60.6 cm³/mol. The van der Waals surface area contributed by atoms with Crippen LogP contribution in [0.4, 0.5) is 11.4 Å². The van der Waals surface area contributed by atoms with E-state index in [1.807, 2.05) is 0 Å². The van der Waals surface area contributed by atoms with Crippen molar-refractivity contribution >= 4 is 17.3 Å². The molecule has 7 nitrogen and oxygen atoms in total. The number of anilines is 1. The number of pyridine rings is 1. The monoisotopic (exact) mass is 239 g/mol. The second-order valence-electron chi connectivity index (χ2n) is 3.27. The highest BCUT2D eigenvalue weighted by Gasteiger charge is 2.19. The molecule has 1 rings (SSSR count). The van der Waals surface area contributed by atoms with Gasteiger partial charge in [0.1, 0.15) is 17.9 Å². The van der Waals surface area contributed by atoms with Crippen molar-refractivity contribution in [1.82, 2.24) is 4.98 Å². The minimum absolute atomic E-state index is 0.177. The molecule has 1 N–H and O–H groups in total. The average molecular weight is 239 g/mol. The highest BCUT2D eigenvalue weighted by Crippen LogP contribution is 2.22. The summed E-state index contributed by atoms with van der Waals surface area (Å²) >= 11 is 0. The molecule has 0 fully saturated rings. The summed E-state index contributed by atoms with van der Waals surface area (Å²) in [4.78, 5) is 25.2. The van der Waals surface area contributed by atoms with Gasteiger partial charge in [-0.25, -0.2) is 4.79 Å². The van der Waals surface area contributed by atoms with Crippen molar-refractivity contribution in [1.29, 1.82) is 0 Å². The molecule has 0 radical (unpaired) electrons. The third-order valence-corrected chi connectivity index (χ3v) is 2.01. The molecule has 1 aromatic heterocycles. The highest BCUT2D eigenvalue weighted by atomic mass is 16.6. The summed E-state index contributed by atoms with van der Waals surface area (Å²) in [6.07, 6.45) is 2.54. The molecular weight excluding hydrogens is 226 g/mol. The van der Waals surface area contributed by atoms with Gasteiger partial charge in [0.25, 0.3) is 0 Å². The quantitative estimate of drug-likeness (QED) is 0.473. The molecule has 0 amide bonds. The van der Waals surface area contributed by atoms with Gasteiger partial charge in [0.2, 0.25) is 0 Å². The minimum Gasteiger partial charge on any atom is -0.464 e. The fourth-order valence-electron chi connectivity index (χ4n) is 1.21. The molecule has 0 aromatic carbocycles. The summed E-state index contributed by atoms with van der Waals surface area (Å²) in [7, 11) is 0. The molecule has 0 saturated carbocycles. The molecule has 1 aromatic rings. The van der Waals surface area contributed by atoms with Gasteiger partial charge in [-0.05, 0) is 19.9 Å². The predicted octanol–water partition coefficient (Wildman–Crippen LogP) is 1.35. The van der Waals surface area contributed by atoms with Crippen LogP contribution < -0.4 is 5.32 Å². The molecule has 0 aliphatic heterocycles. The van der Waals surface area contributed by atoms with E-state index in [4.69, 9.17) is 4.74 Å². The molecule has 1 heterocycles. The van der Waals surface area contributed by atoms with Gasteiger partial charge in [0.05, 0.1) is 11.5 Å². The fraction of sp³-hybridized carbons (Fsp3) is 0.400. The van der Waals surface area contributed by atoms with E-state index in [1.54, 1.807) is 13.8 Å². The van der Waals surface area contributed by atoms with Crippen LogP contribution in [0.25, 0.3) is 0 Å². The number of hydrogen-bond acceptors (Lipinski definition) is 6. The van der Waals surface area contributed by atoms with E-state index in [-0.39, 0.29) is 18.0 Å². The zero-order chi connectivity index (χ0) is 12.8. The zero-order valence-electron chi connectivity index (χ0n) is 9.54. The van der Waals surface area contributed by atoms with E-state index < -0.39 is 16.9 Å². The van der Waals surface area contributed by atoms with Gasteiger partial charge in [0.15, 0.2) is 0 Å². The maximum Gasteiger partial charge on any atom is 0.328 e. The first-order valence-electron chi connectivity index (χ1n) is 5.07. The van der Waals surface area contributed by atoms with Crippen molar-refractivity contribution < 1.29 is 14.5 Å². The smallest absolute Gasteiger partial charge is 0.328 e. The zero-order valence-corrected chi connectivity index (χ0v) is 9.54. The number of nitrogens with one attached hydrogen (secondary N) is 1. The van der Waals surface area contributed by atoms with Crippen LogP contribution in [0.15, 0.2) is 18.5 Å². The summed E-state index contributed by atoms with van der Waals surface area (Å²) in [6, 6.07) is 0.782. The van der Waals surface area contributed by atoms with E-state index in [9.17, 15) is 14.9 Å². The minimum atomic E-state index is -0.656. The maximum absolute atomic E-state index is 11.4. The fourth-order valence-corrected chi connectivity index (χ4v) is 1.21. The topological polar surface area (TPSA) is 94.4 Å². The summed E-state index contributed by atoms with van der Waals surface area (Å²) < 4.78 is 4.79. The lowest BCUT2D eigenvalue weighted by Gasteiger charge is -2.13. The largest absolute Gasteiger partial charge is 0.464 e. The van der Waals surface area contributed by atoms with Gasteiger partial charge in [0, 0.05) is 6.20 Å². The molecule has 0 bridgehead atoms. The third kappa shape index (κ3) is 3.40. The van der Waals surface area contributed by atoms with Crippen molar-refractivity contribution in [3.8, 4) is 0 Å². The summed E-state index contributed by atoms with van der Waals surface area (Å²) in [5, 5.41) is 13.4. The van der Waals surface area contributed by atoms with Crippen LogP contribution in [-0.4, -0.2) is 28.5 Å². The van der Waals surface area contributed by atoms with E-state index in [1.165, 1.54) is 12.3 Å². The Balaban J connectivity index is 2.81. The van der Waals surface area contributed by atoms with E-state index >= 15 is 0 Å². The summed E-state index contributed by atoms with van der Waals surface area (Å²) in [6.45, 7) is 3.53. The van der Waals surface area contributed by atoms with E-state index in [2.05, 4.69) is 10.3 Å². The van der Waals surface area contributed by atoms with Crippen LogP contribution in [0.3, 0.4) is 0 Å². The molecule has 1 atom stereocenters. The lowest BCUT2D eigenvalue weighted by molar-refractivity contribution is -0.384. The number of aromatic nitrogens is 1. The highest BCUT2D eigenvalue weighted by molar-refractivity contribution is 5.80. The first kappa shape index (κ1) is 12.9. The van der Waals surface area contributed by atoms with Crippen LogP contribution in [0.5, 0.6) is 0 Å². The Morgan fingerprint density at radius 1 is 1.71 bits per heavy atom. The lowest BCUT2D eigenvalue weighted by Crippen LogP contribution is -2.28. The third-order valence-electron chi connectivity index (χ3n) is 2.01. The van der Waals surface area contributed by atoms with Crippen LogP contribution in [-0.2, 0) is 9.53 Å². The number of carbonyl (C=O) groups excluding carboxylic acids is 1. The Hall–Kier alpha value is -2.18. The van der Waals surface area contributed by atoms with Crippen molar-refractivity contribution in [3.05, 3.63) is 28.6 Å². The normalized spacial score (nSPS) is 11.6. The molecule has 17 heavy (non-hydrogen) atoms. The molecule has 92 valence electrons. The Morgan fingerprint density at radius 2 is 2.41 bits per heavy atom. The van der Waals surface area contributed by atoms with Gasteiger partial charge in [-0.15, -0.1) is 0 Å². The van der Waals surface area contributed by atoms with Gasteiger partial charge >= 0.3 is 11.7 Å². The first-order valence-corrected chi connectivity index (χ1v) is 5.07. The van der Waals surface area contributed by atoms with Crippen LogP contribution >= 0.6 is 0 Å². The molecule has 1 unspecified atom stereocenters. The number of hydrogen-bond donors (Lipinski definition) is 1. The van der Waals surface area contributed by atoms with Crippen LogP contribution in [0.1, 0.15) is 13.8 Å². The number of nitro groups is 1. The van der Waals surface area contributed by atoms with Gasteiger partial charge in [-0.2, -0.15) is 0 Å². The lowest BCUT2D eigenvalue weighted by atomic mass is 10.3. The van der Waals surface area contributed by atoms with Gasteiger partial charge in [-0.1, -0.05) is 0 Å². The van der Waals surface area contributed by atoms with Crippen molar-refractivity contribution in [3.63, 3.8) is 0 Å². The number of rotatable bonds is 5. The van der Waals surface area contributed by atoms with Crippen molar-refractivity contribution in [2.45, 2.75) is 19.9 Å². The molecule has 0 aliphatic carbocycles. The van der Waals surface area contributed by atoms with Crippen molar-refractivity contribution in [2.24, 2.45) is 0 Å². The van der Waals surface area contributed by atoms with E-state index in [0.29, 0.717) is 0 Å². The van der Waals surface area contributed by atoms with E-state index in [0.717, 1.165) is 6.20 Å². The Bertz CT molecular complexity index is 422. The maximum atomic E-state index is 11.4. The number of carbonyl (C=O) groups is 1. The second-order valence-corrected chi connectivity index (χ2v) is 3.27. The van der Waals surface area contributed by atoms with Gasteiger partial charge in [-0.3, -0.25) is 15.1 Å². The summed E-state index contributed by atoms with van der Waals surface area (Å²) in [5.41, 5.74) is 0.0641. The SMILES string of the molecule is CCOC(=O)C(C)Nc1ccncc1[N+](=O)[O-]. The standard InChI is InChI=1S/C10H13N3O4/c1-3-17-10(14)7(2)12-8-4-5-11-6-9(8)13(15)16/h4-7H,3H2,1-2H3,(H,11,12). The Labute approximate surface area is 98.0 Å². The van der Waals surface area contributed by atoms with Gasteiger partial charge < -0.3 is 10.1 Å². The number of nitrogens with zero attached hydrogens (tertiary/aromatic N) is 2.